The summed E-state index contributed by atoms with van der Waals surface area (Å²) in [7, 11) is 4.72. The van der Waals surface area contributed by atoms with Crippen LogP contribution in [0.5, 0.6) is 17.2 Å². The first-order valence-electron chi connectivity index (χ1n) is 8.43. The van der Waals surface area contributed by atoms with Gasteiger partial charge in [-0.1, -0.05) is 6.42 Å². The van der Waals surface area contributed by atoms with Crippen molar-refractivity contribution in [1.29, 1.82) is 0 Å². The summed E-state index contributed by atoms with van der Waals surface area (Å²) >= 11 is 0. The number of rotatable bonds is 6. The molecule has 3 rings (SSSR count). The normalized spacial score (nSPS) is 25.0. The van der Waals surface area contributed by atoms with Crippen molar-refractivity contribution >= 4 is 12.0 Å². The molecule has 2 aliphatic rings. The fourth-order valence-corrected chi connectivity index (χ4v) is 4.07. The van der Waals surface area contributed by atoms with Crippen molar-refractivity contribution in [2.75, 3.05) is 21.3 Å². The number of carbonyl (C=O) groups excluding carboxylic acids is 1. The fourth-order valence-electron chi connectivity index (χ4n) is 4.07. The van der Waals surface area contributed by atoms with Crippen molar-refractivity contribution in [1.82, 2.24) is 5.32 Å². The SMILES string of the molecule is COc1ccc(/C=C/C(=O)N[C@@H]2C[C@H]3CC[C@H]2C3)c(OC)c1OC. The van der Waals surface area contributed by atoms with Crippen LogP contribution in [0.2, 0.25) is 0 Å². The summed E-state index contributed by atoms with van der Waals surface area (Å²) in [5.74, 6) is 3.11. The van der Waals surface area contributed by atoms with Crippen molar-refractivity contribution in [3.8, 4) is 17.2 Å². The molecule has 1 amide bonds. The van der Waals surface area contributed by atoms with Gasteiger partial charge in [-0.2, -0.15) is 0 Å². The molecule has 2 saturated carbocycles. The second-order valence-corrected chi connectivity index (χ2v) is 6.55. The number of carbonyl (C=O) groups is 1. The molecule has 130 valence electrons. The Balaban J connectivity index is 1.70. The average Bonchev–Trinajstić information content (AvgIpc) is 3.21. The Morgan fingerprint density at radius 1 is 1.08 bits per heavy atom. The maximum Gasteiger partial charge on any atom is 0.244 e. The van der Waals surface area contributed by atoms with E-state index < -0.39 is 0 Å². The molecule has 5 heteroatoms. The van der Waals surface area contributed by atoms with Crippen LogP contribution >= 0.6 is 0 Å². The number of ether oxygens (including phenoxy) is 3. The van der Waals surface area contributed by atoms with Crippen LogP contribution in [0.1, 0.15) is 31.2 Å². The van der Waals surface area contributed by atoms with Crippen LogP contribution in [0.3, 0.4) is 0 Å². The number of hydrogen-bond donors (Lipinski definition) is 1. The summed E-state index contributed by atoms with van der Waals surface area (Å²) in [5, 5.41) is 3.15. The van der Waals surface area contributed by atoms with Crippen molar-refractivity contribution in [2.24, 2.45) is 11.8 Å². The van der Waals surface area contributed by atoms with Gasteiger partial charge in [0.25, 0.3) is 0 Å². The number of methoxy groups -OCH3 is 3. The highest BCUT2D eigenvalue weighted by Gasteiger charge is 2.39. The van der Waals surface area contributed by atoms with E-state index in [1.807, 2.05) is 6.07 Å². The van der Waals surface area contributed by atoms with Gasteiger partial charge in [-0.05, 0) is 49.3 Å². The molecule has 0 aromatic heterocycles. The Labute approximate surface area is 143 Å². The first-order valence-corrected chi connectivity index (χ1v) is 8.43. The van der Waals surface area contributed by atoms with Gasteiger partial charge >= 0.3 is 0 Å². The maximum absolute atomic E-state index is 12.2. The van der Waals surface area contributed by atoms with Gasteiger partial charge in [0.1, 0.15) is 0 Å². The quantitative estimate of drug-likeness (QED) is 0.814. The molecule has 2 bridgehead atoms. The van der Waals surface area contributed by atoms with Gasteiger partial charge in [-0.15, -0.1) is 0 Å². The third-order valence-electron chi connectivity index (χ3n) is 5.21. The van der Waals surface area contributed by atoms with Crippen LogP contribution in [0.4, 0.5) is 0 Å². The largest absolute Gasteiger partial charge is 0.493 e. The van der Waals surface area contributed by atoms with Crippen LogP contribution in [-0.2, 0) is 4.79 Å². The molecular formula is C19H25NO4. The Morgan fingerprint density at radius 2 is 1.88 bits per heavy atom. The summed E-state index contributed by atoms with van der Waals surface area (Å²) in [6.45, 7) is 0. The summed E-state index contributed by atoms with van der Waals surface area (Å²) < 4.78 is 16.1. The number of amides is 1. The first-order chi connectivity index (χ1) is 11.7. The summed E-state index contributed by atoms with van der Waals surface area (Å²) in [6.07, 6.45) is 8.31. The monoisotopic (exact) mass is 331 g/mol. The molecule has 2 aliphatic carbocycles. The Morgan fingerprint density at radius 3 is 2.46 bits per heavy atom. The average molecular weight is 331 g/mol. The van der Waals surface area contributed by atoms with Gasteiger partial charge in [0.05, 0.1) is 21.3 Å². The molecule has 0 radical (unpaired) electrons. The number of fused-ring (bicyclic) bond motifs is 2. The number of benzene rings is 1. The van der Waals surface area contributed by atoms with Crippen LogP contribution in [0.25, 0.3) is 6.08 Å². The van der Waals surface area contributed by atoms with E-state index in [0.29, 0.717) is 29.2 Å². The zero-order chi connectivity index (χ0) is 17.1. The Hall–Kier alpha value is -2.17. The minimum absolute atomic E-state index is 0.0515. The highest BCUT2D eigenvalue weighted by atomic mass is 16.5. The number of nitrogens with one attached hydrogen (secondary N) is 1. The van der Waals surface area contributed by atoms with E-state index >= 15 is 0 Å². The maximum atomic E-state index is 12.2. The lowest BCUT2D eigenvalue weighted by atomic mass is 9.95. The minimum Gasteiger partial charge on any atom is -0.493 e. The molecule has 2 fully saturated rings. The standard InChI is InChI=1S/C19H25NO4/c1-22-16-8-6-13(18(23-2)19(16)24-3)7-9-17(21)20-15-11-12-4-5-14(15)10-12/h6-9,12,14-15H,4-5,10-11H2,1-3H3,(H,20,21)/b9-7+/t12-,14-,15+/m0/s1. The van der Waals surface area contributed by atoms with Crippen LogP contribution in [0.15, 0.2) is 18.2 Å². The van der Waals surface area contributed by atoms with Gasteiger partial charge in [-0.3, -0.25) is 4.79 Å². The topological polar surface area (TPSA) is 56.8 Å². The van der Waals surface area contributed by atoms with E-state index in [4.69, 9.17) is 14.2 Å². The predicted molar refractivity (Wildman–Crippen MR) is 92.5 cm³/mol. The second kappa shape index (κ2) is 7.16. The third kappa shape index (κ3) is 3.21. The van der Waals surface area contributed by atoms with Crippen LogP contribution < -0.4 is 19.5 Å². The summed E-state index contributed by atoms with van der Waals surface area (Å²) in [4.78, 5) is 12.2. The molecule has 0 spiro atoms. The molecule has 0 heterocycles. The number of hydrogen-bond acceptors (Lipinski definition) is 4. The lowest BCUT2D eigenvalue weighted by Gasteiger charge is -2.22. The van der Waals surface area contributed by atoms with Crippen molar-refractivity contribution < 1.29 is 19.0 Å². The van der Waals surface area contributed by atoms with Crippen LogP contribution in [-0.4, -0.2) is 33.3 Å². The van der Waals surface area contributed by atoms with E-state index in [-0.39, 0.29) is 5.91 Å². The molecular weight excluding hydrogens is 306 g/mol. The van der Waals surface area contributed by atoms with E-state index in [2.05, 4.69) is 5.32 Å². The zero-order valence-electron chi connectivity index (χ0n) is 14.5. The predicted octanol–water partition coefficient (Wildman–Crippen LogP) is 3.03. The molecule has 5 nitrogen and oxygen atoms in total. The first kappa shape index (κ1) is 16.7. The lowest BCUT2D eigenvalue weighted by Crippen LogP contribution is -2.37. The molecule has 0 aliphatic heterocycles. The summed E-state index contributed by atoms with van der Waals surface area (Å²) in [6, 6.07) is 3.99. The van der Waals surface area contributed by atoms with Gasteiger partial charge < -0.3 is 19.5 Å². The van der Waals surface area contributed by atoms with E-state index in [1.54, 1.807) is 39.5 Å². The molecule has 24 heavy (non-hydrogen) atoms. The molecule has 3 atom stereocenters. The van der Waals surface area contributed by atoms with E-state index in [0.717, 1.165) is 17.9 Å². The van der Waals surface area contributed by atoms with Gasteiger partial charge in [0, 0.05) is 17.7 Å². The Bertz CT molecular complexity index is 640. The van der Waals surface area contributed by atoms with Crippen LogP contribution in [0, 0.1) is 11.8 Å². The highest BCUT2D eigenvalue weighted by Crippen LogP contribution is 2.44. The van der Waals surface area contributed by atoms with Crippen molar-refractivity contribution in [3.05, 3.63) is 23.8 Å². The lowest BCUT2D eigenvalue weighted by molar-refractivity contribution is -0.117. The summed E-state index contributed by atoms with van der Waals surface area (Å²) in [5.41, 5.74) is 0.776. The second-order valence-electron chi connectivity index (χ2n) is 6.55. The fraction of sp³-hybridized carbons (Fsp3) is 0.526. The van der Waals surface area contributed by atoms with Gasteiger partial charge in [-0.25, -0.2) is 0 Å². The molecule has 1 aromatic rings. The van der Waals surface area contributed by atoms with Gasteiger partial charge in [0.15, 0.2) is 11.5 Å². The molecule has 0 unspecified atom stereocenters. The van der Waals surface area contributed by atoms with Gasteiger partial charge in [0.2, 0.25) is 11.7 Å². The Kier molecular flexibility index (Phi) is 4.97. The highest BCUT2D eigenvalue weighted by molar-refractivity contribution is 5.92. The van der Waals surface area contributed by atoms with E-state index in [1.165, 1.54) is 19.3 Å². The third-order valence-corrected chi connectivity index (χ3v) is 5.21. The minimum atomic E-state index is -0.0515. The van der Waals surface area contributed by atoms with Crippen molar-refractivity contribution in [3.63, 3.8) is 0 Å². The molecule has 1 N–H and O–H groups in total. The van der Waals surface area contributed by atoms with Crippen molar-refractivity contribution in [2.45, 2.75) is 31.7 Å². The molecule has 0 saturated heterocycles. The van der Waals surface area contributed by atoms with E-state index in [9.17, 15) is 4.79 Å². The molecule has 1 aromatic carbocycles. The zero-order valence-corrected chi connectivity index (χ0v) is 14.5. The smallest absolute Gasteiger partial charge is 0.244 e.